The molecule has 3 heteroatoms. The van der Waals surface area contributed by atoms with Gasteiger partial charge >= 0.3 is 0 Å². The van der Waals surface area contributed by atoms with Gasteiger partial charge in [-0.25, -0.2) is 0 Å². The number of nitrogens with two attached hydrogens (primary N) is 1. The van der Waals surface area contributed by atoms with Gasteiger partial charge in [0.25, 0.3) is 0 Å². The third-order valence-corrected chi connectivity index (χ3v) is 5.06. The van der Waals surface area contributed by atoms with Crippen LogP contribution in [0.1, 0.15) is 52.4 Å². The molecule has 0 aliphatic heterocycles. The Hall–Kier alpha value is -0.120. The molecule has 18 heavy (non-hydrogen) atoms. The molecule has 0 heterocycles. The summed E-state index contributed by atoms with van der Waals surface area (Å²) in [6.45, 7) is 5.75. The van der Waals surface area contributed by atoms with E-state index in [1.54, 1.807) is 0 Å². The second-order valence-corrected chi connectivity index (χ2v) is 6.96. The van der Waals surface area contributed by atoms with Crippen molar-refractivity contribution in [1.82, 2.24) is 5.32 Å². The SMILES string of the molecule is CC1CC(C)CC(CN)(NC2CCCC2CO)C1. The topological polar surface area (TPSA) is 58.3 Å². The Kier molecular flexibility index (Phi) is 4.68. The molecule has 3 nitrogen and oxygen atoms in total. The fourth-order valence-corrected chi connectivity index (χ4v) is 4.45. The maximum absolute atomic E-state index is 9.46. The van der Waals surface area contributed by atoms with E-state index >= 15 is 0 Å². The summed E-state index contributed by atoms with van der Waals surface area (Å²) in [5, 5.41) is 13.3. The maximum atomic E-state index is 9.46. The number of hydrogen-bond acceptors (Lipinski definition) is 3. The molecule has 0 radical (unpaired) electrons. The number of hydrogen-bond donors (Lipinski definition) is 3. The second kappa shape index (κ2) is 5.89. The van der Waals surface area contributed by atoms with Crippen LogP contribution >= 0.6 is 0 Å². The minimum absolute atomic E-state index is 0.125. The Labute approximate surface area is 112 Å². The lowest BCUT2D eigenvalue weighted by Crippen LogP contribution is -2.59. The van der Waals surface area contributed by atoms with Crippen molar-refractivity contribution >= 4 is 0 Å². The van der Waals surface area contributed by atoms with E-state index in [2.05, 4.69) is 19.2 Å². The van der Waals surface area contributed by atoms with Crippen molar-refractivity contribution in [3.8, 4) is 0 Å². The lowest BCUT2D eigenvalue weighted by atomic mass is 9.71. The first-order chi connectivity index (χ1) is 8.58. The maximum Gasteiger partial charge on any atom is 0.0474 e. The van der Waals surface area contributed by atoms with Gasteiger partial charge in [-0.05, 0) is 49.9 Å². The zero-order valence-electron chi connectivity index (χ0n) is 12.0. The van der Waals surface area contributed by atoms with E-state index in [-0.39, 0.29) is 5.54 Å². The summed E-state index contributed by atoms with van der Waals surface area (Å²) in [5.41, 5.74) is 6.23. The van der Waals surface area contributed by atoms with Crippen molar-refractivity contribution in [2.75, 3.05) is 13.2 Å². The zero-order valence-corrected chi connectivity index (χ0v) is 12.0. The lowest BCUT2D eigenvalue weighted by molar-refractivity contribution is 0.114. The van der Waals surface area contributed by atoms with Gasteiger partial charge in [0.2, 0.25) is 0 Å². The summed E-state index contributed by atoms with van der Waals surface area (Å²) in [4.78, 5) is 0. The molecule has 4 N–H and O–H groups in total. The molecule has 2 fully saturated rings. The first-order valence-corrected chi connectivity index (χ1v) is 7.67. The Morgan fingerprint density at radius 1 is 1.22 bits per heavy atom. The Bertz CT molecular complexity index is 259. The molecule has 4 atom stereocenters. The van der Waals surface area contributed by atoms with E-state index in [1.165, 1.54) is 38.5 Å². The van der Waals surface area contributed by atoms with Gasteiger partial charge in [-0.15, -0.1) is 0 Å². The summed E-state index contributed by atoms with van der Waals surface area (Å²) in [5.74, 6) is 1.97. The van der Waals surface area contributed by atoms with Gasteiger partial charge in [0.1, 0.15) is 0 Å². The molecule has 0 aromatic rings. The van der Waals surface area contributed by atoms with Gasteiger partial charge in [-0.1, -0.05) is 20.3 Å². The van der Waals surface area contributed by atoms with Crippen LogP contribution in [0.25, 0.3) is 0 Å². The normalized spacial score (nSPS) is 45.3. The van der Waals surface area contributed by atoms with Crippen LogP contribution in [0.4, 0.5) is 0 Å². The molecule has 106 valence electrons. The molecule has 4 unspecified atom stereocenters. The van der Waals surface area contributed by atoms with Crippen molar-refractivity contribution in [2.45, 2.75) is 64.0 Å². The minimum atomic E-state index is 0.125. The van der Waals surface area contributed by atoms with E-state index in [0.29, 0.717) is 18.6 Å². The standard InChI is InChI=1S/C15H30N2O/c1-11-6-12(2)8-15(7-11,10-16)17-14-5-3-4-13(14)9-18/h11-14,17-18H,3-10,16H2,1-2H3. The zero-order chi connectivity index (χ0) is 13.2. The third kappa shape index (κ3) is 3.06. The Balaban J connectivity index is 2.03. The third-order valence-electron chi connectivity index (χ3n) is 5.06. The first kappa shape index (κ1) is 14.3. The van der Waals surface area contributed by atoms with Crippen LogP contribution in [0.15, 0.2) is 0 Å². The number of aliphatic hydroxyl groups is 1. The fraction of sp³-hybridized carbons (Fsp3) is 1.00. The highest BCUT2D eigenvalue weighted by Crippen LogP contribution is 2.37. The van der Waals surface area contributed by atoms with Crippen LogP contribution in [0.2, 0.25) is 0 Å². The molecular formula is C15H30N2O. The molecule has 2 aliphatic carbocycles. The van der Waals surface area contributed by atoms with Crippen LogP contribution in [-0.2, 0) is 0 Å². The Morgan fingerprint density at radius 2 is 1.89 bits per heavy atom. The van der Waals surface area contributed by atoms with Crippen LogP contribution < -0.4 is 11.1 Å². The smallest absolute Gasteiger partial charge is 0.0474 e. The quantitative estimate of drug-likeness (QED) is 0.718. The van der Waals surface area contributed by atoms with Crippen LogP contribution in [0, 0.1) is 17.8 Å². The molecule has 2 rings (SSSR count). The fourth-order valence-electron chi connectivity index (χ4n) is 4.45. The average molecular weight is 254 g/mol. The van der Waals surface area contributed by atoms with Crippen LogP contribution in [0.5, 0.6) is 0 Å². The van der Waals surface area contributed by atoms with Gasteiger partial charge < -0.3 is 16.2 Å². The predicted molar refractivity (Wildman–Crippen MR) is 75.3 cm³/mol. The van der Waals surface area contributed by atoms with Crippen molar-refractivity contribution in [2.24, 2.45) is 23.5 Å². The van der Waals surface area contributed by atoms with E-state index in [9.17, 15) is 5.11 Å². The number of nitrogens with one attached hydrogen (secondary N) is 1. The highest BCUT2D eigenvalue weighted by Gasteiger charge is 2.40. The molecular weight excluding hydrogens is 224 g/mol. The molecule has 0 spiro atoms. The van der Waals surface area contributed by atoms with Gasteiger partial charge in [-0.3, -0.25) is 0 Å². The summed E-state index contributed by atoms with van der Waals surface area (Å²) < 4.78 is 0. The van der Waals surface area contributed by atoms with E-state index < -0.39 is 0 Å². The van der Waals surface area contributed by atoms with Gasteiger partial charge in [0.05, 0.1) is 0 Å². The number of rotatable bonds is 4. The average Bonchev–Trinajstić information content (AvgIpc) is 2.74. The molecule has 0 aromatic carbocycles. The van der Waals surface area contributed by atoms with Gasteiger partial charge in [-0.2, -0.15) is 0 Å². The molecule has 0 amide bonds. The molecule has 2 saturated carbocycles. The summed E-state index contributed by atoms with van der Waals surface area (Å²) in [7, 11) is 0. The Morgan fingerprint density at radius 3 is 2.44 bits per heavy atom. The van der Waals surface area contributed by atoms with Crippen LogP contribution in [-0.4, -0.2) is 29.8 Å². The van der Waals surface area contributed by atoms with Crippen molar-refractivity contribution in [1.29, 1.82) is 0 Å². The summed E-state index contributed by atoms with van der Waals surface area (Å²) >= 11 is 0. The summed E-state index contributed by atoms with van der Waals surface area (Å²) in [6.07, 6.45) is 7.34. The second-order valence-electron chi connectivity index (χ2n) is 6.96. The minimum Gasteiger partial charge on any atom is -0.396 e. The van der Waals surface area contributed by atoms with E-state index in [0.717, 1.165) is 18.4 Å². The highest BCUT2D eigenvalue weighted by atomic mass is 16.3. The molecule has 0 aromatic heterocycles. The number of aliphatic hydroxyl groups excluding tert-OH is 1. The van der Waals surface area contributed by atoms with E-state index in [1.807, 2.05) is 0 Å². The largest absolute Gasteiger partial charge is 0.396 e. The van der Waals surface area contributed by atoms with Crippen LogP contribution in [0.3, 0.4) is 0 Å². The molecule has 0 saturated heterocycles. The monoisotopic (exact) mass is 254 g/mol. The predicted octanol–water partition coefficient (Wildman–Crippen LogP) is 1.89. The van der Waals surface area contributed by atoms with Crippen molar-refractivity contribution in [3.05, 3.63) is 0 Å². The first-order valence-electron chi connectivity index (χ1n) is 7.67. The molecule has 2 aliphatic rings. The van der Waals surface area contributed by atoms with Gasteiger partial charge in [0.15, 0.2) is 0 Å². The van der Waals surface area contributed by atoms with Crippen molar-refractivity contribution < 1.29 is 5.11 Å². The highest BCUT2D eigenvalue weighted by molar-refractivity contribution is 4.99. The van der Waals surface area contributed by atoms with Gasteiger partial charge in [0, 0.05) is 24.7 Å². The summed E-state index contributed by atoms with van der Waals surface area (Å²) in [6, 6.07) is 0.482. The molecule has 0 bridgehead atoms. The lowest BCUT2D eigenvalue weighted by Gasteiger charge is -2.45. The van der Waals surface area contributed by atoms with E-state index in [4.69, 9.17) is 5.73 Å². The van der Waals surface area contributed by atoms with Crippen molar-refractivity contribution in [3.63, 3.8) is 0 Å².